The van der Waals surface area contributed by atoms with Crippen LogP contribution in [0.2, 0.25) is 0 Å². The number of rotatable bonds is 4. The molecule has 142 valence electrons. The third-order valence-corrected chi connectivity index (χ3v) is 5.10. The molecule has 4 nitrogen and oxygen atoms in total. The van der Waals surface area contributed by atoms with Crippen molar-refractivity contribution < 1.29 is 14.3 Å². The number of hydrogen-bond donors (Lipinski definition) is 1. The Morgan fingerprint density at radius 2 is 1.86 bits per heavy atom. The third-order valence-electron chi connectivity index (χ3n) is 5.10. The lowest BCUT2D eigenvalue weighted by atomic mass is 9.94. The monoisotopic (exact) mass is 373 g/mol. The van der Waals surface area contributed by atoms with E-state index in [2.05, 4.69) is 47.8 Å². The van der Waals surface area contributed by atoms with Crippen molar-refractivity contribution in [2.75, 3.05) is 20.3 Å². The average Bonchev–Trinajstić information content (AvgIpc) is 2.77. The van der Waals surface area contributed by atoms with Gasteiger partial charge in [0, 0.05) is 6.54 Å². The van der Waals surface area contributed by atoms with Crippen molar-refractivity contribution >= 4 is 22.8 Å². The van der Waals surface area contributed by atoms with Crippen molar-refractivity contribution in [3.05, 3.63) is 89.5 Å². The minimum Gasteiger partial charge on any atom is -0.465 e. The molecule has 1 N–H and O–H groups in total. The first-order valence-electron chi connectivity index (χ1n) is 9.46. The molecule has 2 unspecified atom stereocenters. The van der Waals surface area contributed by atoms with Crippen molar-refractivity contribution in [2.45, 2.75) is 12.1 Å². The zero-order chi connectivity index (χ0) is 19.3. The molecule has 4 heteroatoms. The van der Waals surface area contributed by atoms with Crippen molar-refractivity contribution in [2.24, 2.45) is 0 Å². The lowest BCUT2D eigenvalue weighted by Crippen LogP contribution is -2.41. The number of nitrogens with one attached hydrogen (secondary N) is 1. The molecule has 0 radical (unpaired) electrons. The van der Waals surface area contributed by atoms with E-state index < -0.39 is 0 Å². The smallest absolute Gasteiger partial charge is 0.338 e. The highest BCUT2D eigenvalue weighted by Gasteiger charge is 2.28. The number of benzene rings is 3. The fourth-order valence-corrected chi connectivity index (χ4v) is 3.73. The molecule has 1 heterocycles. The maximum absolute atomic E-state index is 12.2. The van der Waals surface area contributed by atoms with Gasteiger partial charge in [-0.2, -0.15) is 0 Å². The van der Waals surface area contributed by atoms with Gasteiger partial charge < -0.3 is 14.8 Å². The first-order chi connectivity index (χ1) is 13.8. The van der Waals surface area contributed by atoms with E-state index in [1.165, 1.54) is 17.9 Å². The molecule has 2 atom stereocenters. The number of methoxy groups -OCH3 is 1. The first-order valence-corrected chi connectivity index (χ1v) is 9.46. The van der Waals surface area contributed by atoms with Crippen molar-refractivity contribution in [1.82, 2.24) is 5.32 Å². The van der Waals surface area contributed by atoms with Gasteiger partial charge in [-0.25, -0.2) is 4.79 Å². The molecule has 1 aliphatic heterocycles. The molecule has 0 aliphatic carbocycles. The van der Waals surface area contributed by atoms with Gasteiger partial charge in [0.05, 0.1) is 31.4 Å². The van der Waals surface area contributed by atoms with E-state index >= 15 is 0 Å². The van der Waals surface area contributed by atoms with Crippen LogP contribution in [0.1, 0.15) is 27.5 Å². The summed E-state index contributed by atoms with van der Waals surface area (Å²) in [5.41, 5.74) is 2.60. The molecule has 1 aliphatic rings. The highest BCUT2D eigenvalue weighted by Crippen LogP contribution is 2.28. The summed E-state index contributed by atoms with van der Waals surface area (Å²) in [6.07, 6.45) is 4.00. The van der Waals surface area contributed by atoms with Gasteiger partial charge >= 0.3 is 5.97 Å². The number of fused-ring (bicyclic) bond motifs is 1. The Morgan fingerprint density at radius 1 is 1.07 bits per heavy atom. The molecule has 3 aromatic carbocycles. The van der Waals surface area contributed by atoms with E-state index in [9.17, 15) is 4.79 Å². The Bertz CT molecular complexity index is 1010. The SMILES string of the molecule is COC(=O)c1ccccc1C1NCCOC1/C=C/c1cccc2ccccc12. The molecule has 0 saturated carbocycles. The summed E-state index contributed by atoms with van der Waals surface area (Å²) in [6, 6.07) is 22.0. The number of ether oxygens (including phenoxy) is 2. The van der Waals surface area contributed by atoms with Gasteiger partial charge in [0.2, 0.25) is 0 Å². The number of carbonyl (C=O) groups is 1. The normalized spacial score (nSPS) is 19.8. The first kappa shape index (κ1) is 18.4. The third kappa shape index (κ3) is 3.70. The fraction of sp³-hybridized carbons (Fsp3) is 0.208. The van der Waals surface area contributed by atoms with Crippen molar-refractivity contribution in [3.8, 4) is 0 Å². The van der Waals surface area contributed by atoms with Crippen LogP contribution in [-0.2, 0) is 9.47 Å². The Morgan fingerprint density at radius 3 is 2.75 bits per heavy atom. The van der Waals surface area contributed by atoms with E-state index in [4.69, 9.17) is 9.47 Å². The second kappa shape index (κ2) is 8.38. The number of carbonyl (C=O) groups excluding carboxylic acids is 1. The highest BCUT2D eigenvalue weighted by atomic mass is 16.5. The van der Waals surface area contributed by atoms with Crippen molar-refractivity contribution in [3.63, 3.8) is 0 Å². The van der Waals surface area contributed by atoms with Crippen LogP contribution in [0, 0.1) is 0 Å². The Balaban J connectivity index is 1.67. The van der Waals surface area contributed by atoms with Gasteiger partial charge in [0.25, 0.3) is 0 Å². The second-order valence-electron chi connectivity index (χ2n) is 6.77. The lowest BCUT2D eigenvalue weighted by Gasteiger charge is -2.32. The highest BCUT2D eigenvalue weighted by molar-refractivity contribution is 5.91. The molecule has 3 aromatic rings. The molecular weight excluding hydrogens is 350 g/mol. The van der Waals surface area contributed by atoms with E-state index in [1.54, 1.807) is 6.07 Å². The maximum Gasteiger partial charge on any atom is 0.338 e. The summed E-state index contributed by atoms with van der Waals surface area (Å²) in [4.78, 5) is 12.2. The standard InChI is InChI=1S/C24H23NO3/c1-27-24(26)21-12-5-4-11-20(21)23-22(28-16-15-25-23)14-13-18-9-6-8-17-7-2-3-10-19(17)18/h2-14,22-23,25H,15-16H2,1H3/b14-13+. The van der Waals surface area contributed by atoms with Gasteiger partial charge in [-0.05, 0) is 28.0 Å². The fourth-order valence-electron chi connectivity index (χ4n) is 3.73. The van der Waals surface area contributed by atoms with Gasteiger partial charge in [-0.1, -0.05) is 72.8 Å². The number of morpholine rings is 1. The Hall–Kier alpha value is -2.95. The van der Waals surface area contributed by atoms with Crippen LogP contribution in [0.4, 0.5) is 0 Å². The van der Waals surface area contributed by atoms with Gasteiger partial charge in [0.15, 0.2) is 0 Å². The molecular formula is C24H23NO3. The minimum absolute atomic E-state index is 0.115. The Kier molecular flexibility index (Phi) is 5.51. The van der Waals surface area contributed by atoms with Crippen LogP contribution < -0.4 is 5.32 Å². The summed E-state index contributed by atoms with van der Waals surface area (Å²) >= 11 is 0. The zero-order valence-electron chi connectivity index (χ0n) is 15.8. The molecule has 1 saturated heterocycles. The van der Waals surface area contributed by atoms with Gasteiger partial charge in [-0.3, -0.25) is 0 Å². The topological polar surface area (TPSA) is 47.6 Å². The van der Waals surface area contributed by atoms with Gasteiger partial charge in [-0.15, -0.1) is 0 Å². The maximum atomic E-state index is 12.2. The van der Waals surface area contributed by atoms with Crippen LogP contribution in [0.25, 0.3) is 16.8 Å². The Labute approximate surface area is 164 Å². The van der Waals surface area contributed by atoms with Crippen LogP contribution in [-0.4, -0.2) is 32.3 Å². The van der Waals surface area contributed by atoms with E-state index in [0.717, 1.165) is 17.7 Å². The largest absolute Gasteiger partial charge is 0.465 e. The number of esters is 1. The molecule has 28 heavy (non-hydrogen) atoms. The summed E-state index contributed by atoms with van der Waals surface area (Å²) in [6.45, 7) is 1.36. The summed E-state index contributed by atoms with van der Waals surface area (Å²) < 4.78 is 11.0. The van der Waals surface area contributed by atoms with E-state index in [-0.39, 0.29) is 18.1 Å². The quantitative estimate of drug-likeness (QED) is 0.690. The number of hydrogen-bond acceptors (Lipinski definition) is 4. The summed E-state index contributed by atoms with van der Waals surface area (Å²) in [5, 5.41) is 5.91. The summed E-state index contributed by atoms with van der Waals surface area (Å²) in [5.74, 6) is -0.334. The molecule has 0 amide bonds. The van der Waals surface area contributed by atoms with Gasteiger partial charge in [0.1, 0.15) is 0 Å². The van der Waals surface area contributed by atoms with Crippen LogP contribution in [0.5, 0.6) is 0 Å². The second-order valence-corrected chi connectivity index (χ2v) is 6.77. The van der Waals surface area contributed by atoms with E-state index in [0.29, 0.717) is 12.2 Å². The predicted molar refractivity (Wildman–Crippen MR) is 111 cm³/mol. The molecule has 4 rings (SSSR count). The van der Waals surface area contributed by atoms with Crippen LogP contribution in [0.15, 0.2) is 72.8 Å². The summed E-state index contributed by atoms with van der Waals surface area (Å²) in [7, 11) is 1.40. The molecule has 0 bridgehead atoms. The lowest BCUT2D eigenvalue weighted by molar-refractivity contribution is 0.0256. The molecule has 0 aromatic heterocycles. The molecule has 1 fully saturated rings. The minimum atomic E-state index is -0.334. The van der Waals surface area contributed by atoms with Crippen molar-refractivity contribution in [1.29, 1.82) is 0 Å². The van der Waals surface area contributed by atoms with Crippen LogP contribution in [0.3, 0.4) is 0 Å². The van der Waals surface area contributed by atoms with Crippen LogP contribution >= 0.6 is 0 Å². The zero-order valence-corrected chi connectivity index (χ0v) is 15.8. The average molecular weight is 373 g/mol. The molecule has 0 spiro atoms. The van der Waals surface area contributed by atoms with E-state index in [1.807, 2.05) is 30.3 Å². The predicted octanol–water partition coefficient (Wildman–Crippen LogP) is 4.37.